The van der Waals surface area contributed by atoms with Gasteiger partial charge in [-0.2, -0.15) is 10.1 Å². The van der Waals surface area contributed by atoms with E-state index in [4.69, 9.17) is 11.6 Å². The summed E-state index contributed by atoms with van der Waals surface area (Å²) in [5, 5.41) is 13.9. The maximum Gasteiger partial charge on any atom is 0.238 e. The zero-order valence-electron chi connectivity index (χ0n) is 18.6. The van der Waals surface area contributed by atoms with Gasteiger partial charge in [-0.05, 0) is 55.7 Å². The molecule has 0 aliphatic rings. The van der Waals surface area contributed by atoms with Crippen molar-refractivity contribution in [3.63, 3.8) is 0 Å². The number of fused-ring (bicyclic) bond motifs is 1. The fraction of sp³-hybridized carbons (Fsp3) is 0.227. The highest BCUT2D eigenvalue weighted by atomic mass is 32.2. The summed E-state index contributed by atoms with van der Waals surface area (Å²) in [4.78, 5) is 10.3. The van der Waals surface area contributed by atoms with Crippen LogP contribution >= 0.6 is 0 Å². The van der Waals surface area contributed by atoms with E-state index in [0.717, 1.165) is 22.3 Å². The summed E-state index contributed by atoms with van der Waals surface area (Å²) in [7, 11) is 1.39. The number of hydrogen-bond acceptors (Lipinski definition) is 4. The number of hydrogen-bond donors (Lipinski definition) is 2. The third-order valence-electron chi connectivity index (χ3n) is 5.12. The van der Waals surface area contributed by atoms with Crippen LogP contribution in [0.4, 0.5) is 11.4 Å². The van der Waals surface area contributed by atoms with Crippen LogP contribution in [0.15, 0.2) is 51.3 Å². The molecule has 2 aromatic carbocycles. The molecule has 0 spiro atoms. The number of amidine groups is 1. The number of sulfonamides is 1. The molecule has 9 nitrogen and oxygen atoms in total. The van der Waals surface area contributed by atoms with Crippen molar-refractivity contribution in [2.24, 2.45) is 22.2 Å². The van der Waals surface area contributed by atoms with Gasteiger partial charge in [0.2, 0.25) is 16.0 Å². The highest BCUT2D eigenvalue weighted by Crippen LogP contribution is 2.23. The highest BCUT2D eigenvalue weighted by molar-refractivity contribution is 7.89. The first kappa shape index (κ1) is 23.0. The molecule has 0 bridgehead atoms. The minimum absolute atomic E-state index is 0.0233. The van der Waals surface area contributed by atoms with Gasteiger partial charge in [0.15, 0.2) is 5.84 Å². The first-order chi connectivity index (χ1) is 15.0. The van der Waals surface area contributed by atoms with Crippen LogP contribution in [0.25, 0.3) is 10.9 Å². The second-order valence-corrected chi connectivity index (χ2v) is 8.78. The number of anilines is 2. The van der Waals surface area contributed by atoms with E-state index in [0.29, 0.717) is 17.1 Å². The summed E-state index contributed by atoms with van der Waals surface area (Å²) in [6, 6.07) is 10.7. The maximum absolute atomic E-state index is 11.8. The van der Waals surface area contributed by atoms with Crippen molar-refractivity contribution in [1.29, 1.82) is 0 Å². The number of rotatable bonds is 3. The lowest BCUT2D eigenvalue weighted by molar-refractivity contribution is 0.597. The number of guanidine groups is 1. The van der Waals surface area contributed by atoms with E-state index in [1.165, 1.54) is 6.07 Å². The standard InChI is InChI=1S/C22H25N7O2S/c1-7-21(28(5)17-10-11-18-15(3)29(6)27-19(18)13-17)26-22(24-4)25-16-9-8-14(2)20(12-16)32(23,30)31/h1,8-13H,2-6H3,(H,24,25)(H2,23,30,31). The third-order valence-corrected chi connectivity index (χ3v) is 6.18. The molecule has 0 saturated carbocycles. The zero-order valence-corrected chi connectivity index (χ0v) is 19.4. The molecule has 3 rings (SSSR count). The van der Waals surface area contributed by atoms with Gasteiger partial charge < -0.3 is 10.2 Å². The number of nitrogens with one attached hydrogen (secondary N) is 1. The average Bonchev–Trinajstić information content (AvgIpc) is 3.03. The van der Waals surface area contributed by atoms with Crippen LogP contribution in [-0.4, -0.2) is 44.1 Å². The topological polar surface area (TPSA) is 118 Å². The first-order valence-corrected chi connectivity index (χ1v) is 11.2. The summed E-state index contributed by atoms with van der Waals surface area (Å²) >= 11 is 0. The van der Waals surface area contributed by atoms with E-state index < -0.39 is 10.0 Å². The Hall–Kier alpha value is -3.68. The predicted octanol–water partition coefficient (Wildman–Crippen LogP) is 2.40. The molecule has 0 radical (unpaired) electrons. The van der Waals surface area contributed by atoms with Crippen molar-refractivity contribution >= 4 is 44.1 Å². The minimum atomic E-state index is -3.86. The van der Waals surface area contributed by atoms with Crippen LogP contribution in [0.1, 0.15) is 11.3 Å². The lowest BCUT2D eigenvalue weighted by atomic mass is 10.2. The first-order valence-electron chi connectivity index (χ1n) is 9.64. The maximum atomic E-state index is 11.8. The van der Waals surface area contributed by atoms with Crippen molar-refractivity contribution in [2.45, 2.75) is 18.7 Å². The molecular formula is C22H25N7O2S. The van der Waals surface area contributed by atoms with Gasteiger partial charge in [-0.15, -0.1) is 6.42 Å². The van der Waals surface area contributed by atoms with E-state index in [-0.39, 0.29) is 10.9 Å². The molecule has 0 aliphatic carbocycles. The Bertz CT molecular complexity index is 1400. The molecule has 10 heteroatoms. The fourth-order valence-corrected chi connectivity index (χ4v) is 4.01. The van der Waals surface area contributed by atoms with Crippen LogP contribution in [-0.2, 0) is 17.1 Å². The lowest BCUT2D eigenvalue weighted by Crippen LogP contribution is -2.27. The Morgan fingerprint density at radius 3 is 2.59 bits per heavy atom. The molecule has 1 aromatic heterocycles. The van der Waals surface area contributed by atoms with Gasteiger partial charge in [-0.25, -0.2) is 13.6 Å². The Morgan fingerprint density at radius 1 is 1.25 bits per heavy atom. The number of aryl methyl sites for hydroxylation is 3. The van der Waals surface area contributed by atoms with Gasteiger partial charge in [-0.1, -0.05) is 6.07 Å². The van der Waals surface area contributed by atoms with Crippen LogP contribution in [0.2, 0.25) is 0 Å². The number of primary sulfonamides is 1. The van der Waals surface area contributed by atoms with Gasteiger partial charge in [0.25, 0.3) is 0 Å². The van der Waals surface area contributed by atoms with Gasteiger partial charge in [0.05, 0.1) is 10.4 Å². The summed E-state index contributed by atoms with van der Waals surface area (Å²) in [5.74, 6) is 3.09. The summed E-state index contributed by atoms with van der Waals surface area (Å²) in [6.45, 7) is 3.68. The van der Waals surface area contributed by atoms with Crippen molar-refractivity contribution in [2.75, 3.05) is 24.3 Å². The number of nitrogens with two attached hydrogens (primary N) is 1. The average molecular weight is 452 g/mol. The van der Waals surface area contributed by atoms with Gasteiger partial charge >= 0.3 is 0 Å². The van der Waals surface area contributed by atoms with Crippen LogP contribution in [0.3, 0.4) is 0 Å². The second kappa shape index (κ2) is 8.82. The molecule has 3 N–H and O–H groups in total. The van der Waals surface area contributed by atoms with E-state index in [1.807, 2.05) is 36.9 Å². The van der Waals surface area contributed by atoms with Crippen molar-refractivity contribution in [1.82, 2.24) is 9.78 Å². The van der Waals surface area contributed by atoms with E-state index in [1.54, 1.807) is 38.1 Å². The van der Waals surface area contributed by atoms with E-state index >= 15 is 0 Å². The van der Waals surface area contributed by atoms with E-state index in [9.17, 15) is 8.42 Å². The van der Waals surface area contributed by atoms with E-state index in [2.05, 4.69) is 26.3 Å². The number of aromatic nitrogens is 2. The fourth-order valence-electron chi connectivity index (χ4n) is 3.20. The SMILES string of the molecule is C#CC(=NC(=NC)Nc1ccc(C)c(S(N)(=O)=O)c1)N(C)c1ccc2c(C)n(C)nc2c1. The molecule has 0 aliphatic heterocycles. The smallest absolute Gasteiger partial charge is 0.238 e. The molecular weight excluding hydrogens is 426 g/mol. The Kier molecular flexibility index (Phi) is 6.34. The molecule has 3 aromatic rings. The Morgan fingerprint density at radius 2 is 1.97 bits per heavy atom. The monoisotopic (exact) mass is 451 g/mol. The van der Waals surface area contributed by atoms with Crippen LogP contribution in [0, 0.1) is 26.2 Å². The van der Waals surface area contributed by atoms with Gasteiger partial charge in [0.1, 0.15) is 0 Å². The Balaban J connectivity index is 1.91. The predicted molar refractivity (Wildman–Crippen MR) is 130 cm³/mol. The number of nitrogens with zero attached hydrogens (tertiary/aromatic N) is 5. The highest BCUT2D eigenvalue weighted by Gasteiger charge is 2.14. The molecule has 1 heterocycles. The number of benzene rings is 2. The zero-order chi connectivity index (χ0) is 23.6. The molecule has 0 unspecified atom stereocenters. The molecule has 0 amide bonds. The van der Waals surface area contributed by atoms with Crippen molar-refractivity contribution < 1.29 is 8.42 Å². The molecule has 0 saturated heterocycles. The Labute approximate surface area is 187 Å². The molecule has 32 heavy (non-hydrogen) atoms. The van der Waals surface area contributed by atoms with Crippen LogP contribution in [0.5, 0.6) is 0 Å². The van der Waals surface area contributed by atoms with Gasteiger partial charge in [0, 0.05) is 43.6 Å². The van der Waals surface area contributed by atoms with Crippen LogP contribution < -0.4 is 15.4 Å². The third kappa shape index (κ3) is 4.64. The minimum Gasteiger partial charge on any atom is -0.324 e. The number of terminal acetylenes is 1. The molecule has 166 valence electrons. The summed E-state index contributed by atoms with van der Waals surface area (Å²) < 4.78 is 25.4. The van der Waals surface area contributed by atoms with Crippen molar-refractivity contribution in [3.05, 3.63) is 47.7 Å². The normalized spacial score (nSPS) is 12.7. The number of aliphatic imine (C=N–C) groups is 2. The summed E-state index contributed by atoms with van der Waals surface area (Å²) in [5.41, 5.74) is 3.74. The molecule has 0 fully saturated rings. The molecule has 0 atom stereocenters. The summed E-state index contributed by atoms with van der Waals surface area (Å²) in [6.07, 6.45) is 5.73. The second-order valence-electron chi connectivity index (χ2n) is 7.25. The van der Waals surface area contributed by atoms with Crippen molar-refractivity contribution in [3.8, 4) is 12.3 Å². The quantitative estimate of drug-likeness (QED) is 0.360. The van der Waals surface area contributed by atoms with Gasteiger partial charge in [-0.3, -0.25) is 9.67 Å². The lowest BCUT2D eigenvalue weighted by Gasteiger charge is -2.18. The largest absolute Gasteiger partial charge is 0.324 e.